The molecule has 0 aromatic heterocycles. The fraction of sp³-hybridized carbons (Fsp3) is 0.875. The molecule has 0 aliphatic heterocycles. The van der Waals surface area contributed by atoms with Crippen LogP contribution in [0.25, 0.3) is 0 Å². The molecule has 1 rings (SSSR count). The van der Waals surface area contributed by atoms with Crippen molar-refractivity contribution in [2.75, 3.05) is 26.2 Å². The lowest BCUT2D eigenvalue weighted by molar-refractivity contribution is -0.121. The molecule has 0 aromatic carbocycles. The largest absolute Gasteiger partial charge is 0.354 e. The number of nitrogens with one attached hydrogen (secondary N) is 2. The maximum Gasteiger partial charge on any atom is 0.317 e. The van der Waals surface area contributed by atoms with E-state index in [1.165, 1.54) is 32.1 Å². The van der Waals surface area contributed by atoms with Gasteiger partial charge in [-0.15, -0.1) is 0 Å². The number of hydrogen-bond donors (Lipinski definition) is 2. The van der Waals surface area contributed by atoms with Crippen LogP contribution in [-0.2, 0) is 4.79 Å². The molecule has 0 spiro atoms. The Kier molecular flexibility index (Phi) is 8.87. The van der Waals surface area contributed by atoms with Crippen LogP contribution in [0, 0.1) is 5.92 Å². The molecule has 5 heteroatoms. The van der Waals surface area contributed by atoms with Crippen LogP contribution in [-0.4, -0.2) is 43.0 Å². The summed E-state index contributed by atoms with van der Waals surface area (Å²) in [5.41, 5.74) is 0. The summed E-state index contributed by atoms with van der Waals surface area (Å²) in [5.74, 6) is 0.851. The Morgan fingerprint density at radius 2 is 1.62 bits per heavy atom. The third kappa shape index (κ3) is 7.34. The molecule has 0 unspecified atom stereocenters. The summed E-state index contributed by atoms with van der Waals surface area (Å²) < 4.78 is 0. The second-order valence-corrected chi connectivity index (χ2v) is 5.80. The molecule has 0 radical (unpaired) electrons. The highest BCUT2D eigenvalue weighted by Crippen LogP contribution is 2.27. The fourth-order valence-electron chi connectivity index (χ4n) is 2.89. The minimum absolute atomic E-state index is 0.0588. The second-order valence-electron chi connectivity index (χ2n) is 5.80. The van der Waals surface area contributed by atoms with Crippen molar-refractivity contribution in [3.05, 3.63) is 0 Å². The number of hydrogen-bond acceptors (Lipinski definition) is 2. The van der Waals surface area contributed by atoms with Gasteiger partial charge in [0.25, 0.3) is 0 Å². The van der Waals surface area contributed by atoms with Crippen LogP contribution in [0.3, 0.4) is 0 Å². The summed E-state index contributed by atoms with van der Waals surface area (Å²) >= 11 is 0. The zero-order valence-corrected chi connectivity index (χ0v) is 13.6. The standard InChI is InChI=1S/C16H31N3O2/c1-3-19(4-2)16(21)18-13-12-17-15(20)11-10-14-8-6-5-7-9-14/h14H,3-13H2,1-2H3,(H,17,20)(H,18,21). The summed E-state index contributed by atoms with van der Waals surface area (Å²) in [6, 6.07) is -0.0588. The van der Waals surface area contributed by atoms with Crippen molar-refractivity contribution in [3.8, 4) is 0 Å². The molecule has 0 heterocycles. The summed E-state index contributed by atoms with van der Waals surface area (Å²) in [4.78, 5) is 25.2. The molecule has 0 atom stereocenters. The number of carbonyl (C=O) groups excluding carboxylic acids is 2. The van der Waals surface area contributed by atoms with Gasteiger partial charge in [0.2, 0.25) is 5.91 Å². The first-order chi connectivity index (χ1) is 10.2. The van der Waals surface area contributed by atoms with E-state index in [-0.39, 0.29) is 11.9 Å². The van der Waals surface area contributed by atoms with Crippen molar-refractivity contribution >= 4 is 11.9 Å². The van der Waals surface area contributed by atoms with Gasteiger partial charge in [0.05, 0.1) is 0 Å². The number of carbonyl (C=O) groups is 2. The van der Waals surface area contributed by atoms with E-state index in [2.05, 4.69) is 10.6 Å². The molecule has 3 amide bonds. The highest BCUT2D eigenvalue weighted by Gasteiger charge is 2.14. The third-order valence-electron chi connectivity index (χ3n) is 4.28. The molecule has 1 aliphatic carbocycles. The monoisotopic (exact) mass is 297 g/mol. The molecule has 1 aliphatic rings. The van der Waals surface area contributed by atoms with Crippen molar-refractivity contribution in [2.24, 2.45) is 5.92 Å². The van der Waals surface area contributed by atoms with Gasteiger partial charge in [-0.2, -0.15) is 0 Å². The van der Waals surface area contributed by atoms with E-state index in [4.69, 9.17) is 0 Å². The Bertz CT molecular complexity index is 311. The van der Waals surface area contributed by atoms with Crippen LogP contribution in [0.15, 0.2) is 0 Å². The minimum Gasteiger partial charge on any atom is -0.354 e. The van der Waals surface area contributed by atoms with Crippen LogP contribution in [0.1, 0.15) is 58.8 Å². The van der Waals surface area contributed by atoms with Crippen molar-refractivity contribution in [2.45, 2.75) is 58.8 Å². The van der Waals surface area contributed by atoms with Crippen molar-refractivity contribution in [1.82, 2.24) is 15.5 Å². The SMILES string of the molecule is CCN(CC)C(=O)NCCNC(=O)CCC1CCCCC1. The zero-order chi connectivity index (χ0) is 15.5. The predicted octanol–water partition coefficient (Wildman–Crippen LogP) is 2.51. The first-order valence-corrected chi connectivity index (χ1v) is 8.46. The van der Waals surface area contributed by atoms with Crippen LogP contribution in [0.5, 0.6) is 0 Å². The van der Waals surface area contributed by atoms with E-state index in [1.807, 2.05) is 13.8 Å². The van der Waals surface area contributed by atoms with E-state index >= 15 is 0 Å². The maximum absolute atomic E-state index is 11.7. The van der Waals surface area contributed by atoms with Gasteiger partial charge in [-0.05, 0) is 26.2 Å². The average molecular weight is 297 g/mol. The van der Waals surface area contributed by atoms with Crippen LogP contribution in [0.4, 0.5) is 4.79 Å². The predicted molar refractivity (Wildman–Crippen MR) is 85.1 cm³/mol. The molecule has 0 aromatic rings. The topological polar surface area (TPSA) is 61.4 Å². The molecule has 1 saturated carbocycles. The molecular formula is C16H31N3O2. The van der Waals surface area contributed by atoms with E-state index in [9.17, 15) is 9.59 Å². The normalized spacial score (nSPS) is 15.5. The first kappa shape index (κ1) is 17.8. The smallest absolute Gasteiger partial charge is 0.317 e. The van der Waals surface area contributed by atoms with Gasteiger partial charge in [-0.25, -0.2) is 4.79 Å². The van der Waals surface area contributed by atoms with Gasteiger partial charge in [0.1, 0.15) is 0 Å². The van der Waals surface area contributed by atoms with Gasteiger partial charge >= 0.3 is 6.03 Å². The van der Waals surface area contributed by atoms with E-state index in [0.29, 0.717) is 32.6 Å². The maximum atomic E-state index is 11.7. The lowest BCUT2D eigenvalue weighted by atomic mass is 9.86. The zero-order valence-electron chi connectivity index (χ0n) is 13.6. The molecular weight excluding hydrogens is 266 g/mol. The van der Waals surface area contributed by atoms with Gasteiger partial charge in [0.15, 0.2) is 0 Å². The Morgan fingerprint density at radius 1 is 1.00 bits per heavy atom. The highest BCUT2D eigenvalue weighted by molar-refractivity contribution is 5.76. The Hall–Kier alpha value is -1.26. The lowest BCUT2D eigenvalue weighted by Crippen LogP contribution is -2.42. The molecule has 1 fully saturated rings. The van der Waals surface area contributed by atoms with Gasteiger partial charge in [0, 0.05) is 32.6 Å². The number of urea groups is 1. The van der Waals surface area contributed by atoms with Crippen LogP contribution >= 0.6 is 0 Å². The molecule has 0 bridgehead atoms. The molecule has 122 valence electrons. The number of amides is 3. The Morgan fingerprint density at radius 3 is 2.24 bits per heavy atom. The fourth-order valence-corrected chi connectivity index (χ4v) is 2.89. The first-order valence-electron chi connectivity index (χ1n) is 8.46. The molecule has 2 N–H and O–H groups in total. The van der Waals surface area contributed by atoms with Crippen LogP contribution in [0.2, 0.25) is 0 Å². The highest BCUT2D eigenvalue weighted by atomic mass is 16.2. The summed E-state index contributed by atoms with van der Waals surface area (Å²) in [6.07, 6.45) is 8.20. The minimum atomic E-state index is -0.0588. The quantitative estimate of drug-likeness (QED) is 0.676. The molecule has 0 saturated heterocycles. The summed E-state index contributed by atoms with van der Waals surface area (Å²) in [7, 11) is 0. The Labute approximate surface area is 128 Å². The Balaban J connectivity index is 2.03. The number of nitrogens with zero attached hydrogens (tertiary/aromatic N) is 1. The van der Waals surface area contributed by atoms with Gasteiger partial charge in [-0.1, -0.05) is 32.1 Å². The molecule has 21 heavy (non-hydrogen) atoms. The molecule has 5 nitrogen and oxygen atoms in total. The van der Waals surface area contributed by atoms with E-state index in [1.54, 1.807) is 4.90 Å². The lowest BCUT2D eigenvalue weighted by Gasteiger charge is -2.21. The average Bonchev–Trinajstić information content (AvgIpc) is 2.52. The third-order valence-corrected chi connectivity index (χ3v) is 4.28. The van der Waals surface area contributed by atoms with Crippen LogP contribution < -0.4 is 10.6 Å². The van der Waals surface area contributed by atoms with Crippen molar-refractivity contribution in [1.29, 1.82) is 0 Å². The second kappa shape index (κ2) is 10.5. The summed E-state index contributed by atoms with van der Waals surface area (Å²) in [5, 5.41) is 5.70. The van der Waals surface area contributed by atoms with Crippen molar-refractivity contribution in [3.63, 3.8) is 0 Å². The number of rotatable bonds is 8. The van der Waals surface area contributed by atoms with E-state index in [0.717, 1.165) is 12.3 Å². The van der Waals surface area contributed by atoms with Crippen molar-refractivity contribution < 1.29 is 9.59 Å². The van der Waals surface area contributed by atoms with Gasteiger partial charge < -0.3 is 15.5 Å². The summed E-state index contributed by atoms with van der Waals surface area (Å²) in [6.45, 7) is 6.32. The van der Waals surface area contributed by atoms with E-state index < -0.39 is 0 Å². The van der Waals surface area contributed by atoms with Gasteiger partial charge in [-0.3, -0.25) is 4.79 Å².